The van der Waals surface area contributed by atoms with Gasteiger partial charge in [0, 0.05) is 11.6 Å². The SMILES string of the molecule is O=C(Nc1ccc(O)c(-c2nc3ccccc3o2)c1)OCC1c2ccccc2-c2ccccc21. The predicted molar refractivity (Wildman–Crippen MR) is 130 cm³/mol. The van der Waals surface area contributed by atoms with Crippen molar-refractivity contribution in [3.05, 3.63) is 102 Å². The molecular formula is C28H20N2O4. The van der Waals surface area contributed by atoms with Crippen molar-refractivity contribution in [1.29, 1.82) is 0 Å². The van der Waals surface area contributed by atoms with E-state index < -0.39 is 6.09 Å². The summed E-state index contributed by atoms with van der Waals surface area (Å²) in [6.45, 7) is 0.218. The van der Waals surface area contributed by atoms with Crippen LogP contribution in [-0.2, 0) is 4.74 Å². The lowest BCUT2D eigenvalue weighted by atomic mass is 9.98. The zero-order valence-electron chi connectivity index (χ0n) is 18.1. The number of nitrogens with zero attached hydrogens (tertiary/aromatic N) is 1. The number of oxazole rings is 1. The van der Waals surface area contributed by atoms with Crippen LogP contribution in [0.2, 0.25) is 0 Å². The third-order valence-corrected chi connectivity index (χ3v) is 6.11. The van der Waals surface area contributed by atoms with Gasteiger partial charge in [-0.15, -0.1) is 0 Å². The summed E-state index contributed by atoms with van der Waals surface area (Å²) >= 11 is 0. The van der Waals surface area contributed by atoms with E-state index in [0.717, 1.165) is 11.1 Å². The van der Waals surface area contributed by atoms with Crippen LogP contribution in [0, 0.1) is 0 Å². The summed E-state index contributed by atoms with van der Waals surface area (Å²) in [7, 11) is 0. The molecule has 2 N–H and O–H groups in total. The van der Waals surface area contributed by atoms with Gasteiger partial charge in [-0.05, 0) is 52.6 Å². The second-order valence-corrected chi connectivity index (χ2v) is 8.17. The lowest BCUT2D eigenvalue weighted by molar-refractivity contribution is 0.158. The number of aromatic hydroxyl groups is 1. The first kappa shape index (κ1) is 20.1. The maximum absolute atomic E-state index is 12.6. The number of para-hydroxylation sites is 2. The molecule has 166 valence electrons. The average Bonchev–Trinajstić information content (AvgIpc) is 3.43. The molecule has 0 unspecified atom stereocenters. The molecule has 0 bridgehead atoms. The van der Waals surface area contributed by atoms with Crippen LogP contribution in [-0.4, -0.2) is 22.8 Å². The van der Waals surface area contributed by atoms with Crippen LogP contribution in [0.3, 0.4) is 0 Å². The van der Waals surface area contributed by atoms with E-state index in [1.165, 1.54) is 17.2 Å². The number of carbonyl (C=O) groups excluding carboxylic acids is 1. The highest BCUT2D eigenvalue weighted by molar-refractivity contribution is 5.87. The number of ether oxygens (including phenoxy) is 1. The average molecular weight is 448 g/mol. The molecule has 4 aromatic carbocycles. The molecule has 1 aromatic heterocycles. The summed E-state index contributed by atoms with van der Waals surface area (Å²) in [5, 5.41) is 13.1. The Morgan fingerprint density at radius 3 is 2.29 bits per heavy atom. The Morgan fingerprint density at radius 2 is 1.56 bits per heavy atom. The Hall–Kier alpha value is -4.58. The number of hydrogen-bond acceptors (Lipinski definition) is 5. The third kappa shape index (κ3) is 3.46. The van der Waals surface area contributed by atoms with E-state index in [4.69, 9.17) is 9.15 Å². The number of amides is 1. The van der Waals surface area contributed by atoms with Gasteiger partial charge in [0.25, 0.3) is 0 Å². The normalized spacial score (nSPS) is 12.4. The minimum absolute atomic E-state index is 0.00430. The molecule has 0 saturated carbocycles. The molecule has 6 rings (SSSR count). The van der Waals surface area contributed by atoms with Gasteiger partial charge in [0.15, 0.2) is 5.58 Å². The van der Waals surface area contributed by atoms with Gasteiger partial charge in [0.05, 0.1) is 5.56 Å². The number of benzene rings is 4. The molecule has 6 heteroatoms. The highest BCUT2D eigenvalue weighted by atomic mass is 16.5. The minimum Gasteiger partial charge on any atom is -0.507 e. The van der Waals surface area contributed by atoms with Crippen molar-refractivity contribution in [1.82, 2.24) is 4.98 Å². The third-order valence-electron chi connectivity index (χ3n) is 6.11. The Morgan fingerprint density at radius 1 is 0.882 bits per heavy atom. The Kier molecular flexibility index (Phi) is 4.77. The van der Waals surface area contributed by atoms with E-state index in [1.807, 2.05) is 48.5 Å². The molecule has 1 heterocycles. The molecule has 1 amide bonds. The second-order valence-electron chi connectivity index (χ2n) is 8.17. The summed E-state index contributed by atoms with van der Waals surface area (Å²) in [6, 6.07) is 28.4. The molecule has 1 aliphatic rings. The van der Waals surface area contributed by atoms with Crippen LogP contribution in [0.1, 0.15) is 17.0 Å². The standard InChI is InChI=1S/C28H20N2O4/c31-25-14-13-17(15-22(25)27-30-24-11-5-6-12-26(24)34-27)29-28(32)33-16-23-20-9-3-1-7-18(20)19-8-2-4-10-21(19)23/h1-15,23,31H,16H2,(H,29,32). The molecule has 0 spiro atoms. The van der Waals surface area contributed by atoms with Crippen molar-refractivity contribution >= 4 is 22.9 Å². The predicted octanol–water partition coefficient (Wildman–Crippen LogP) is 6.56. The lowest BCUT2D eigenvalue weighted by Gasteiger charge is -2.15. The first-order valence-corrected chi connectivity index (χ1v) is 11.0. The van der Waals surface area contributed by atoms with Crippen LogP contribution in [0.25, 0.3) is 33.7 Å². The molecule has 5 aromatic rings. The summed E-state index contributed by atoms with van der Waals surface area (Å²) < 4.78 is 11.4. The van der Waals surface area contributed by atoms with E-state index in [2.05, 4.69) is 34.6 Å². The van der Waals surface area contributed by atoms with Gasteiger partial charge in [-0.25, -0.2) is 9.78 Å². The molecule has 0 radical (unpaired) electrons. The zero-order valence-corrected chi connectivity index (χ0v) is 18.1. The number of anilines is 1. The summed E-state index contributed by atoms with van der Waals surface area (Å²) in [5.41, 5.74) is 6.81. The van der Waals surface area contributed by atoms with Crippen molar-refractivity contribution < 1.29 is 19.1 Å². The molecule has 6 nitrogen and oxygen atoms in total. The van der Waals surface area contributed by atoms with Gasteiger partial charge >= 0.3 is 6.09 Å². The summed E-state index contributed by atoms with van der Waals surface area (Å²) in [4.78, 5) is 17.1. The fraction of sp³-hybridized carbons (Fsp3) is 0.0714. The largest absolute Gasteiger partial charge is 0.507 e. The second kappa shape index (κ2) is 8.08. The monoisotopic (exact) mass is 448 g/mol. The van der Waals surface area contributed by atoms with Crippen LogP contribution < -0.4 is 5.32 Å². The number of nitrogens with one attached hydrogen (secondary N) is 1. The number of rotatable bonds is 4. The van der Waals surface area contributed by atoms with E-state index in [-0.39, 0.29) is 24.2 Å². The van der Waals surface area contributed by atoms with Crippen LogP contribution in [0.5, 0.6) is 5.75 Å². The lowest BCUT2D eigenvalue weighted by Crippen LogP contribution is -2.17. The molecule has 34 heavy (non-hydrogen) atoms. The van der Waals surface area contributed by atoms with E-state index in [1.54, 1.807) is 12.1 Å². The van der Waals surface area contributed by atoms with Crippen molar-refractivity contribution in [2.45, 2.75) is 5.92 Å². The first-order chi connectivity index (χ1) is 16.7. The first-order valence-electron chi connectivity index (χ1n) is 11.0. The number of aromatic nitrogens is 1. The fourth-order valence-electron chi connectivity index (χ4n) is 4.52. The van der Waals surface area contributed by atoms with Crippen molar-refractivity contribution in [2.75, 3.05) is 11.9 Å². The van der Waals surface area contributed by atoms with Crippen molar-refractivity contribution in [3.63, 3.8) is 0 Å². The molecule has 0 aliphatic heterocycles. The van der Waals surface area contributed by atoms with E-state index in [9.17, 15) is 9.90 Å². The Bertz CT molecular complexity index is 1460. The number of phenols is 1. The smallest absolute Gasteiger partial charge is 0.411 e. The van der Waals surface area contributed by atoms with Crippen LogP contribution >= 0.6 is 0 Å². The van der Waals surface area contributed by atoms with E-state index in [0.29, 0.717) is 22.4 Å². The van der Waals surface area contributed by atoms with Gasteiger partial charge in [0.2, 0.25) is 5.89 Å². The zero-order chi connectivity index (χ0) is 23.1. The van der Waals surface area contributed by atoms with Crippen LogP contribution in [0.15, 0.2) is 95.4 Å². The molecule has 0 atom stereocenters. The topological polar surface area (TPSA) is 84.6 Å². The van der Waals surface area contributed by atoms with E-state index >= 15 is 0 Å². The van der Waals surface area contributed by atoms with Crippen LogP contribution in [0.4, 0.5) is 10.5 Å². The summed E-state index contributed by atoms with van der Waals surface area (Å²) in [6.07, 6.45) is -0.573. The number of fused-ring (bicyclic) bond motifs is 4. The molecule has 0 saturated heterocycles. The fourth-order valence-corrected chi connectivity index (χ4v) is 4.52. The molecular weight excluding hydrogens is 428 g/mol. The van der Waals surface area contributed by atoms with Gasteiger partial charge in [-0.3, -0.25) is 5.32 Å². The van der Waals surface area contributed by atoms with Gasteiger partial charge in [-0.1, -0.05) is 60.7 Å². The molecule has 1 aliphatic carbocycles. The highest BCUT2D eigenvalue weighted by Gasteiger charge is 2.29. The van der Waals surface area contributed by atoms with Crippen molar-refractivity contribution in [3.8, 4) is 28.3 Å². The van der Waals surface area contributed by atoms with Gasteiger partial charge in [0.1, 0.15) is 17.9 Å². The Balaban J connectivity index is 1.20. The highest BCUT2D eigenvalue weighted by Crippen LogP contribution is 2.44. The Labute approximate surface area is 195 Å². The van der Waals surface area contributed by atoms with Crippen molar-refractivity contribution in [2.24, 2.45) is 0 Å². The quantitative estimate of drug-likeness (QED) is 0.304. The number of phenolic OH excluding ortho intramolecular Hbond substituents is 1. The van der Waals surface area contributed by atoms with Gasteiger partial charge in [-0.2, -0.15) is 0 Å². The minimum atomic E-state index is -0.573. The maximum atomic E-state index is 12.6. The molecule has 0 fully saturated rings. The van der Waals surface area contributed by atoms with Gasteiger partial charge < -0.3 is 14.3 Å². The maximum Gasteiger partial charge on any atom is 0.411 e. The summed E-state index contributed by atoms with van der Waals surface area (Å²) in [5.74, 6) is 0.257. The number of hydrogen-bond donors (Lipinski definition) is 2. The number of carbonyl (C=O) groups is 1.